The Bertz CT molecular complexity index is 702. The number of benzene rings is 1. The molecule has 28 heavy (non-hydrogen) atoms. The molecule has 1 heterocycles. The molecule has 1 aliphatic rings. The molecule has 7 nitrogen and oxygen atoms in total. The van der Waals surface area contributed by atoms with E-state index in [9.17, 15) is 8.42 Å². The first-order valence-corrected chi connectivity index (χ1v) is 11.0. The first-order valence-electron chi connectivity index (χ1n) is 9.55. The number of sulfonamides is 1. The van der Waals surface area contributed by atoms with Crippen molar-refractivity contribution in [2.45, 2.75) is 50.7 Å². The van der Waals surface area contributed by atoms with Crippen LogP contribution in [0.2, 0.25) is 0 Å². The van der Waals surface area contributed by atoms with Crippen LogP contribution >= 0.6 is 24.0 Å². The topological polar surface area (TPSA) is 91.8 Å². The molecule has 1 fully saturated rings. The van der Waals surface area contributed by atoms with E-state index < -0.39 is 10.0 Å². The minimum absolute atomic E-state index is 0. The van der Waals surface area contributed by atoms with Gasteiger partial charge in [-0.1, -0.05) is 26.0 Å². The Labute approximate surface area is 186 Å². The van der Waals surface area contributed by atoms with Crippen molar-refractivity contribution in [2.75, 3.05) is 26.7 Å². The molecule has 0 saturated carbocycles. The average molecular weight is 524 g/mol. The van der Waals surface area contributed by atoms with Crippen LogP contribution in [0.5, 0.6) is 0 Å². The fourth-order valence-corrected chi connectivity index (χ4v) is 3.83. The number of aliphatic imine (C=N–C) groups is 1. The number of nitrogens with zero attached hydrogens (tertiary/aromatic N) is 1. The second-order valence-electron chi connectivity index (χ2n) is 7.17. The Balaban J connectivity index is 0.00000392. The molecule has 1 aliphatic heterocycles. The first kappa shape index (κ1) is 25.1. The molecule has 1 atom stereocenters. The van der Waals surface area contributed by atoms with Gasteiger partial charge in [0.1, 0.15) is 0 Å². The average Bonchev–Trinajstić information content (AvgIpc) is 3.17. The molecule has 0 bridgehead atoms. The summed E-state index contributed by atoms with van der Waals surface area (Å²) in [6.07, 6.45) is 2.95. The van der Waals surface area contributed by atoms with Gasteiger partial charge in [-0.3, -0.25) is 4.99 Å². The molecule has 2 rings (SSSR count). The van der Waals surface area contributed by atoms with Crippen molar-refractivity contribution < 1.29 is 13.2 Å². The van der Waals surface area contributed by atoms with Crippen LogP contribution < -0.4 is 15.4 Å². The second kappa shape index (κ2) is 12.6. The summed E-state index contributed by atoms with van der Waals surface area (Å²) in [7, 11) is -1.77. The van der Waals surface area contributed by atoms with E-state index in [-0.39, 0.29) is 35.0 Å². The van der Waals surface area contributed by atoms with E-state index in [0.29, 0.717) is 25.6 Å². The molecule has 0 aliphatic carbocycles. The zero-order chi connectivity index (χ0) is 19.7. The molecule has 9 heteroatoms. The molecule has 3 N–H and O–H groups in total. The summed E-state index contributed by atoms with van der Waals surface area (Å²) in [5, 5.41) is 6.51. The lowest BCUT2D eigenvalue weighted by molar-refractivity contribution is 0.114. The molecular formula is C19H33IN4O3S. The van der Waals surface area contributed by atoms with Crippen LogP contribution in [-0.2, 0) is 21.3 Å². The summed E-state index contributed by atoms with van der Waals surface area (Å²) in [6.45, 7) is 6.84. The summed E-state index contributed by atoms with van der Waals surface area (Å²) in [4.78, 5) is 4.46. The molecule has 1 aromatic rings. The number of hydrogen-bond donors (Lipinski definition) is 3. The van der Waals surface area contributed by atoms with Gasteiger partial charge < -0.3 is 15.4 Å². The van der Waals surface area contributed by atoms with Gasteiger partial charge in [0.15, 0.2) is 5.96 Å². The van der Waals surface area contributed by atoms with Gasteiger partial charge in [-0.05, 0) is 42.9 Å². The van der Waals surface area contributed by atoms with E-state index in [2.05, 4.69) is 34.2 Å². The number of guanidine groups is 1. The zero-order valence-electron chi connectivity index (χ0n) is 16.9. The van der Waals surface area contributed by atoms with Gasteiger partial charge in [0.05, 0.1) is 11.0 Å². The van der Waals surface area contributed by atoms with Crippen molar-refractivity contribution in [3.8, 4) is 0 Å². The molecular weight excluding hydrogens is 491 g/mol. The maximum atomic E-state index is 12.4. The predicted molar refractivity (Wildman–Crippen MR) is 124 cm³/mol. The third kappa shape index (κ3) is 8.62. The van der Waals surface area contributed by atoms with Crippen molar-refractivity contribution in [1.82, 2.24) is 15.4 Å². The molecule has 0 radical (unpaired) electrons. The van der Waals surface area contributed by atoms with E-state index in [1.54, 1.807) is 19.2 Å². The lowest BCUT2D eigenvalue weighted by atomic mass is 10.1. The highest BCUT2D eigenvalue weighted by Gasteiger charge is 2.20. The highest BCUT2D eigenvalue weighted by Crippen LogP contribution is 2.14. The molecule has 1 saturated heterocycles. The molecule has 0 spiro atoms. The van der Waals surface area contributed by atoms with Crippen LogP contribution in [0.3, 0.4) is 0 Å². The van der Waals surface area contributed by atoms with E-state index in [0.717, 1.165) is 37.3 Å². The third-order valence-corrected chi connectivity index (χ3v) is 5.90. The van der Waals surface area contributed by atoms with Crippen LogP contribution in [0.4, 0.5) is 0 Å². The van der Waals surface area contributed by atoms with Gasteiger partial charge in [0, 0.05) is 33.3 Å². The Hall–Kier alpha value is -0.910. The SMILES string of the molecule is CN=C(NCCC(C)C)NCc1ccc(S(=O)(=O)NCC2CCCO2)cc1.I. The van der Waals surface area contributed by atoms with Gasteiger partial charge in [-0.15, -0.1) is 24.0 Å². The number of halogens is 1. The summed E-state index contributed by atoms with van der Waals surface area (Å²) in [5.74, 6) is 1.38. The van der Waals surface area contributed by atoms with Crippen LogP contribution in [0.15, 0.2) is 34.2 Å². The van der Waals surface area contributed by atoms with Gasteiger partial charge in [-0.2, -0.15) is 0 Å². The predicted octanol–water partition coefficient (Wildman–Crippen LogP) is 2.47. The van der Waals surface area contributed by atoms with E-state index in [1.165, 1.54) is 0 Å². The molecule has 0 aromatic heterocycles. The maximum absolute atomic E-state index is 12.4. The van der Waals surface area contributed by atoms with Gasteiger partial charge in [-0.25, -0.2) is 13.1 Å². The summed E-state index contributed by atoms with van der Waals surface area (Å²) in [6, 6.07) is 6.89. The van der Waals surface area contributed by atoms with Crippen molar-refractivity contribution in [3.05, 3.63) is 29.8 Å². The fraction of sp³-hybridized carbons (Fsp3) is 0.632. The number of hydrogen-bond acceptors (Lipinski definition) is 4. The van der Waals surface area contributed by atoms with Crippen molar-refractivity contribution in [1.29, 1.82) is 0 Å². The quantitative estimate of drug-likeness (QED) is 0.262. The summed E-state index contributed by atoms with van der Waals surface area (Å²) in [5.41, 5.74) is 0.986. The van der Waals surface area contributed by atoms with E-state index in [1.807, 2.05) is 12.1 Å². The van der Waals surface area contributed by atoms with Crippen LogP contribution in [0.1, 0.15) is 38.7 Å². The van der Waals surface area contributed by atoms with E-state index in [4.69, 9.17) is 4.74 Å². The minimum atomic E-state index is -3.51. The fourth-order valence-electron chi connectivity index (χ4n) is 2.76. The Morgan fingerprint density at radius 2 is 1.96 bits per heavy atom. The Kier molecular flexibility index (Phi) is 11.3. The first-order chi connectivity index (χ1) is 12.9. The Morgan fingerprint density at radius 1 is 1.25 bits per heavy atom. The Morgan fingerprint density at radius 3 is 2.54 bits per heavy atom. The monoisotopic (exact) mass is 524 g/mol. The van der Waals surface area contributed by atoms with Gasteiger partial charge >= 0.3 is 0 Å². The zero-order valence-corrected chi connectivity index (χ0v) is 20.0. The smallest absolute Gasteiger partial charge is 0.240 e. The van der Waals surface area contributed by atoms with Crippen molar-refractivity contribution in [2.24, 2.45) is 10.9 Å². The van der Waals surface area contributed by atoms with Crippen LogP contribution in [-0.4, -0.2) is 47.2 Å². The molecule has 1 unspecified atom stereocenters. The number of rotatable bonds is 9. The normalized spacial score (nSPS) is 17.4. The molecule has 0 amide bonds. The molecule has 160 valence electrons. The second-order valence-corrected chi connectivity index (χ2v) is 8.93. The third-order valence-electron chi connectivity index (χ3n) is 4.46. The maximum Gasteiger partial charge on any atom is 0.240 e. The lowest BCUT2D eigenvalue weighted by Crippen LogP contribution is -2.37. The van der Waals surface area contributed by atoms with Gasteiger partial charge in [0.2, 0.25) is 10.0 Å². The van der Waals surface area contributed by atoms with E-state index >= 15 is 0 Å². The van der Waals surface area contributed by atoms with Gasteiger partial charge in [0.25, 0.3) is 0 Å². The van der Waals surface area contributed by atoms with Crippen molar-refractivity contribution in [3.63, 3.8) is 0 Å². The van der Waals surface area contributed by atoms with Crippen molar-refractivity contribution >= 4 is 40.0 Å². The standard InChI is InChI=1S/C19H32N4O3S.HI/c1-15(2)10-11-21-19(20-3)22-13-16-6-8-18(9-7-16)27(24,25)23-14-17-5-4-12-26-17;/h6-9,15,17,23H,4-5,10-14H2,1-3H3,(H2,20,21,22);1H. The molecule has 1 aromatic carbocycles. The summed E-state index contributed by atoms with van der Waals surface area (Å²) < 4.78 is 32.8. The largest absolute Gasteiger partial charge is 0.377 e. The minimum Gasteiger partial charge on any atom is -0.377 e. The lowest BCUT2D eigenvalue weighted by Gasteiger charge is -2.14. The van der Waals surface area contributed by atoms with Crippen LogP contribution in [0, 0.1) is 5.92 Å². The van der Waals surface area contributed by atoms with Crippen LogP contribution in [0.25, 0.3) is 0 Å². The highest BCUT2D eigenvalue weighted by atomic mass is 127. The summed E-state index contributed by atoms with van der Waals surface area (Å²) >= 11 is 0. The number of nitrogens with one attached hydrogen (secondary N) is 3. The highest BCUT2D eigenvalue weighted by molar-refractivity contribution is 14.0. The number of ether oxygens (including phenoxy) is 1.